The molecule has 3 rings (SSSR count). The number of hydrogen-bond acceptors (Lipinski definition) is 4. The van der Waals surface area contributed by atoms with Crippen LogP contribution in [0.2, 0.25) is 0 Å². The predicted molar refractivity (Wildman–Crippen MR) is 91.3 cm³/mol. The van der Waals surface area contributed by atoms with Gasteiger partial charge >= 0.3 is 0 Å². The van der Waals surface area contributed by atoms with E-state index in [0.29, 0.717) is 22.7 Å². The fraction of sp³-hybridized carbons (Fsp3) is 0. The molecule has 4 N–H and O–H groups in total. The summed E-state index contributed by atoms with van der Waals surface area (Å²) in [6, 6.07) is 23.1. The van der Waals surface area contributed by atoms with Crippen LogP contribution in [0, 0.1) is 0 Å². The van der Waals surface area contributed by atoms with Gasteiger partial charge in [-0.1, -0.05) is 48.5 Å². The van der Waals surface area contributed by atoms with E-state index in [4.69, 9.17) is 11.5 Å². The number of azo groups is 1. The molecule has 22 heavy (non-hydrogen) atoms. The maximum atomic E-state index is 5.98. The van der Waals surface area contributed by atoms with Crippen LogP contribution in [0.3, 0.4) is 0 Å². The van der Waals surface area contributed by atoms with E-state index in [2.05, 4.69) is 10.2 Å². The summed E-state index contributed by atoms with van der Waals surface area (Å²) in [5, 5.41) is 8.43. The van der Waals surface area contributed by atoms with E-state index < -0.39 is 0 Å². The average Bonchev–Trinajstić information content (AvgIpc) is 2.56. The van der Waals surface area contributed by atoms with E-state index in [1.807, 2.05) is 66.7 Å². The molecule has 4 nitrogen and oxygen atoms in total. The number of para-hydroxylation sites is 1. The molecule has 0 unspecified atom stereocenters. The Morgan fingerprint density at radius 1 is 0.545 bits per heavy atom. The van der Waals surface area contributed by atoms with Gasteiger partial charge in [0.05, 0.1) is 11.4 Å². The van der Waals surface area contributed by atoms with Gasteiger partial charge in [-0.05, 0) is 35.4 Å². The van der Waals surface area contributed by atoms with Crippen LogP contribution in [0.4, 0.5) is 22.7 Å². The molecule has 0 atom stereocenters. The first kappa shape index (κ1) is 13.8. The number of nitrogens with two attached hydrogens (primary N) is 2. The smallest absolute Gasteiger partial charge is 0.109 e. The summed E-state index contributed by atoms with van der Waals surface area (Å²) >= 11 is 0. The fourth-order valence-electron chi connectivity index (χ4n) is 2.13. The van der Waals surface area contributed by atoms with Crippen molar-refractivity contribution in [1.82, 2.24) is 0 Å². The second-order valence-corrected chi connectivity index (χ2v) is 4.90. The monoisotopic (exact) mass is 288 g/mol. The number of benzene rings is 3. The van der Waals surface area contributed by atoms with E-state index in [0.717, 1.165) is 11.1 Å². The highest BCUT2D eigenvalue weighted by atomic mass is 15.1. The lowest BCUT2D eigenvalue weighted by Gasteiger charge is -2.05. The van der Waals surface area contributed by atoms with Crippen molar-refractivity contribution in [1.29, 1.82) is 0 Å². The Morgan fingerprint density at radius 2 is 1.18 bits per heavy atom. The van der Waals surface area contributed by atoms with Crippen molar-refractivity contribution in [3.8, 4) is 11.1 Å². The normalized spacial score (nSPS) is 10.9. The first-order valence-corrected chi connectivity index (χ1v) is 6.95. The lowest BCUT2D eigenvalue weighted by atomic mass is 10.0. The van der Waals surface area contributed by atoms with E-state index in [9.17, 15) is 0 Å². The van der Waals surface area contributed by atoms with Gasteiger partial charge in [-0.2, -0.15) is 0 Å². The van der Waals surface area contributed by atoms with Gasteiger partial charge in [0.25, 0.3) is 0 Å². The number of rotatable bonds is 3. The van der Waals surface area contributed by atoms with Crippen LogP contribution in [-0.4, -0.2) is 0 Å². The fourth-order valence-corrected chi connectivity index (χ4v) is 2.13. The zero-order valence-corrected chi connectivity index (χ0v) is 12.0. The third-order valence-corrected chi connectivity index (χ3v) is 3.34. The molecule has 0 saturated carbocycles. The third-order valence-electron chi connectivity index (χ3n) is 3.34. The van der Waals surface area contributed by atoms with E-state index in [1.165, 1.54) is 0 Å². The summed E-state index contributed by atoms with van der Waals surface area (Å²) in [6.45, 7) is 0. The minimum atomic E-state index is 0.581. The number of nitrogen functional groups attached to an aromatic ring is 2. The SMILES string of the molecule is Nc1ccccc1N=Nc1cc(-c2ccccc2)ccc1N. The molecule has 0 bridgehead atoms. The highest BCUT2D eigenvalue weighted by Crippen LogP contribution is 2.31. The average molecular weight is 288 g/mol. The Labute approximate surface area is 129 Å². The molecule has 0 aliphatic rings. The van der Waals surface area contributed by atoms with Crippen molar-refractivity contribution < 1.29 is 0 Å². The van der Waals surface area contributed by atoms with Crippen LogP contribution in [0.15, 0.2) is 83.0 Å². The molecule has 0 fully saturated rings. The molecule has 0 aromatic heterocycles. The topological polar surface area (TPSA) is 76.8 Å². The second-order valence-electron chi connectivity index (χ2n) is 4.90. The molecule has 0 radical (unpaired) electrons. The number of nitrogens with zero attached hydrogens (tertiary/aromatic N) is 2. The van der Waals surface area contributed by atoms with E-state index >= 15 is 0 Å². The Morgan fingerprint density at radius 3 is 1.95 bits per heavy atom. The first-order valence-electron chi connectivity index (χ1n) is 6.95. The Balaban J connectivity index is 1.96. The molecule has 3 aromatic rings. The zero-order chi connectivity index (χ0) is 15.4. The molecular formula is C18H16N4. The van der Waals surface area contributed by atoms with Crippen molar-refractivity contribution in [2.45, 2.75) is 0 Å². The van der Waals surface area contributed by atoms with Crippen molar-refractivity contribution in [3.63, 3.8) is 0 Å². The summed E-state index contributed by atoms with van der Waals surface area (Å²) < 4.78 is 0. The first-order chi connectivity index (χ1) is 10.7. The molecule has 0 saturated heterocycles. The predicted octanol–water partition coefficient (Wildman–Crippen LogP) is 4.93. The molecule has 0 amide bonds. The van der Waals surface area contributed by atoms with Gasteiger partial charge in [-0.25, -0.2) is 0 Å². The molecule has 3 aromatic carbocycles. The Bertz CT molecular complexity index is 810. The summed E-state index contributed by atoms with van der Waals surface area (Å²) in [6.07, 6.45) is 0. The lowest BCUT2D eigenvalue weighted by molar-refractivity contribution is 1.23. The largest absolute Gasteiger partial charge is 0.397 e. The van der Waals surface area contributed by atoms with Crippen LogP contribution >= 0.6 is 0 Å². The van der Waals surface area contributed by atoms with Gasteiger partial charge in [0.15, 0.2) is 0 Å². The van der Waals surface area contributed by atoms with Crippen molar-refractivity contribution in [3.05, 3.63) is 72.8 Å². The minimum Gasteiger partial charge on any atom is -0.397 e. The quantitative estimate of drug-likeness (QED) is 0.529. The van der Waals surface area contributed by atoms with E-state index in [1.54, 1.807) is 6.07 Å². The highest BCUT2D eigenvalue weighted by Gasteiger charge is 2.03. The van der Waals surface area contributed by atoms with Gasteiger partial charge in [-0.3, -0.25) is 0 Å². The van der Waals surface area contributed by atoms with Crippen LogP contribution < -0.4 is 11.5 Å². The van der Waals surface area contributed by atoms with Gasteiger partial charge in [0.2, 0.25) is 0 Å². The maximum absolute atomic E-state index is 5.98. The minimum absolute atomic E-state index is 0.581. The molecule has 0 aliphatic carbocycles. The van der Waals surface area contributed by atoms with Crippen LogP contribution in [-0.2, 0) is 0 Å². The van der Waals surface area contributed by atoms with Gasteiger partial charge in [-0.15, -0.1) is 10.2 Å². The summed E-state index contributed by atoms with van der Waals surface area (Å²) in [4.78, 5) is 0. The number of hydrogen-bond donors (Lipinski definition) is 2. The summed E-state index contributed by atoms with van der Waals surface area (Å²) in [7, 11) is 0. The van der Waals surface area contributed by atoms with Gasteiger partial charge in [0.1, 0.15) is 11.4 Å². The van der Waals surface area contributed by atoms with Crippen LogP contribution in [0.1, 0.15) is 0 Å². The van der Waals surface area contributed by atoms with Crippen LogP contribution in [0.5, 0.6) is 0 Å². The zero-order valence-electron chi connectivity index (χ0n) is 12.0. The molecule has 0 heterocycles. The molecule has 0 aliphatic heterocycles. The summed E-state index contributed by atoms with van der Waals surface area (Å²) in [5.41, 5.74) is 16.4. The van der Waals surface area contributed by atoms with Crippen molar-refractivity contribution in [2.24, 2.45) is 10.2 Å². The molecule has 4 heteroatoms. The summed E-state index contributed by atoms with van der Waals surface area (Å²) in [5.74, 6) is 0. The van der Waals surface area contributed by atoms with Crippen LogP contribution in [0.25, 0.3) is 11.1 Å². The Kier molecular flexibility index (Phi) is 3.83. The van der Waals surface area contributed by atoms with Gasteiger partial charge in [0, 0.05) is 0 Å². The molecule has 0 spiro atoms. The highest BCUT2D eigenvalue weighted by molar-refractivity contribution is 5.74. The van der Waals surface area contributed by atoms with E-state index in [-0.39, 0.29) is 0 Å². The third kappa shape index (κ3) is 2.96. The Hall–Kier alpha value is -3.14. The maximum Gasteiger partial charge on any atom is 0.109 e. The van der Waals surface area contributed by atoms with Crippen molar-refractivity contribution >= 4 is 22.7 Å². The second kappa shape index (κ2) is 6.10. The van der Waals surface area contributed by atoms with Crippen molar-refractivity contribution in [2.75, 3.05) is 11.5 Å². The van der Waals surface area contributed by atoms with Gasteiger partial charge < -0.3 is 11.5 Å². The molecule has 108 valence electrons. The lowest BCUT2D eigenvalue weighted by Crippen LogP contribution is -1.86. The molecular weight excluding hydrogens is 272 g/mol. The number of anilines is 2. The standard InChI is InChI=1S/C18H16N4/c19-15-8-4-5-9-17(15)21-22-18-12-14(10-11-16(18)20)13-6-2-1-3-7-13/h1-12H,19-20H2.